The first-order valence-corrected chi connectivity index (χ1v) is 7.71. The summed E-state index contributed by atoms with van der Waals surface area (Å²) < 4.78 is 0. The molecule has 0 radical (unpaired) electrons. The summed E-state index contributed by atoms with van der Waals surface area (Å²) in [6.45, 7) is 4.57. The number of piperidine rings is 1. The molecule has 1 aliphatic heterocycles. The van der Waals surface area contributed by atoms with Crippen molar-refractivity contribution < 1.29 is 4.79 Å². The highest BCUT2D eigenvalue weighted by Crippen LogP contribution is 2.19. The van der Waals surface area contributed by atoms with Gasteiger partial charge in [0.25, 0.3) is 0 Å². The van der Waals surface area contributed by atoms with E-state index in [1.165, 1.54) is 12.8 Å². The summed E-state index contributed by atoms with van der Waals surface area (Å²) in [6.07, 6.45) is 7.05. The molecule has 4 nitrogen and oxygen atoms in total. The topological polar surface area (TPSA) is 45.2 Å². The lowest BCUT2D eigenvalue weighted by atomic mass is 9.99. The number of carbonyl (C=O) groups excluding carboxylic acids is 1. The van der Waals surface area contributed by atoms with Gasteiger partial charge in [-0.3, -0.25) is 9.78 Å². The summed E-state index contributed by atoms with van der Waals surface area (Å²) >= 11 is 0. The zero-order valence-electron chi connectivity index (χ0n) is 12.3. The Morgan fingerprint density at radius 1 is 1.45 bits per heavy atom. The first kappa shape index (κ1) is 15.0. The van der Waals surface area contributed by atoms with Crippen LogP contribution in [0, 0.1) is 0 Å². The Labute approximate surface area is 121 Å². The minimum atomic E-state index is 0.296. The van der Waals surface area contributed by atoms with E-state index >= 15 is 0 Å². The van der Waals surface area contributed by atoms with Gasteiger partial charge in [0.05, 0.1) is 5.69 Å². The number of nitrogens with zero attached hydrogens (tertiary/aromatic N) is 2. The van der Waals surface area contributed by atoms with Crippen LogP contribution >= 0.6 is 0 Å². The normalized spacial score (nSPS) is 19.1. The summed E-state index contributed by atoms with van der Waals surface area (Å²) in [6, 6.07) is 6.35. The van der Waals surface area contributed by atoms with Gasteiger partial charge in [-0.15, -0.1) is 0 Å². The number of nitrogens with one attached hydrogen (secondary N) is 1. The van der Waals surface area contributed by atoms with Crippen LogP contribution in [0.5, 0.6) is 0 Å². The molecule has 1 fully saturated rings. The van der Waals surface area contributed by atoms with E-state index in [4.69, 9.17) is 0 Å². The Morgan fingerprint density at radius 2 is 2.35 bits per heavy atom. The number of pyridine rings is 1. The summed E-state index contributed by atoms with van der Waals surface area (Å²) in [5, 5.41) is 3.29. The van der Waals surface area contributed by atoms with Crippen molar-refractivity contribution in [2.24, 2.45) is 0 Å². The lowest BCUT2D eigenvalue weighted by molar-refractivity contribution is -0.134. The minimum Gasteiger partial charge on any atom is -0.340 e. The van der Waals surface area contributed by atoms with E-state index in [9.17, 15) is 4.79 Å². The van der Waals surface area contributed by atoms with E-state index in [0.29, 0.717) is 18.4 Å². The van der Waals surface area contributed by atoms with Crippen molar-refractivity contribution in [3.63, 3.8) is 0 Å². The third-order valence-electron chi connectivity index (χ3n) is 3.97. The number of aromatic nitrogens is 1. The van der Waals surface area contributed by atoms with Crippen molar-refractivity contribution in [1.29, 1.82) is 0 Å². The molecule has 0 aromatic carbocycles. The fraction of sp³-hybridized carbons (Fsp3) is 0.625. The van der Waals surface area contributed by atoms with E-state index in [1.807, 2.05) is 18.2 Å². The standard InChI is InChI=1S/C16H25N3O/c1-2-15-8-4-6-12-19(15)16(20)9-11-17-13-14-7-3-5-10-18-14/h3,5,7,10,15,17H,2,4,6,8-9,11-13H2,1H3. The molecule has 1 saturated heterocycles. The van der Waals surface area contributed by atoms with Gasteiger partial charge >= 0.3 is 0 Å². The number of hydrogen-bond donors (Lipinski definition) is 1. The highest BCUT2D eigenvalue weighted by molar-refractivity contribution is 5.76. The van der Waals surface area contributed by atoms with Crippen LogP contribution in [0.3, 0.4) is 0 Å². The number of hydrogen-bond acceptors (Lipinski definition) is 3. The van der Waals surface area contributed by atoms with Crippen LogP contribution in [-0.2, 0) is 11.3 Å². The second kappa shape index (κ2) is 8.00. The van der Waals surface area contributed by atoms with Gasteiger partial charge in [0.15, 0.2) is 0 Å². The highest BCUT2D eigenvalue weighted by atomic mass is 16.2. The third kappa shape index (κ3) is 4.30. The van der Waals surface area contributed by atoms with Crippen molar-refractivity contribution in [3.8, 4) is 0 Å². The Bertz CT molecular complexity index is 407. The summed E-state index contributed by atoms with van der Waals surface area (Å²) in [5.41, 5.74) is 1.02. The minimum absolute atomic E-state index is 0.296. The molecule has 0 saturated carbocycles. The summed E-state index contributed by atoms with van der Waals surface area (Å²) in [4.78, 5) is 18.6. The van der Waals surface area contributed by atoms with E-state index in [1.54, 1.807) is 6.20 Å². The Hall–Kier alpha value is -1.42. The number of amides is 1. The molecule has 1 atom stereocenters. The largest absolute Gasteiger partial charge is 0.340 e. The number of rotatable bonds is 6. The lowest BCUT2D eigenvalue weighted by Gasteiger charge is -2.35. The van der Waals surface area contributed by atoms with Gasteiger partial charge in [-0.1, -0.05) is 13.0 Å². The maximum Gasteiger partial charge on any atom is 0.224 e. The van der Waals surface area contributed by atoms with Gasteiger partial charge in [-0.05, 0) is 37.8 Å². The van der Waals surface area contributed by atoms with E-state index < -0.39 is 0 Å². The Morgan fingerprint density at radius 3 is 3.10 bits per heavy atom. The molecular formula is C16H25N3O. The van der Waals surface area contributed by atoms with Crippen molar-refractivity contribution in [1.82, 2.24) is 15.2 Å². The monoisotopic (exact) mass is 275 g/mol. The predicted octanol–water partition coefficient (Wildman–Crippen LogP) is 2.35. The first-order chi connectivity index (χ1) is 9.81. The number of carbonyl (C=O) groups is 1. The first-order valence-electron chi connectivity index (χ1n) is 7.71. The molecule has 0 spiro atoms. The van der Waals surface area contributed by atoms with E-state index in [-0.39, 0.29) is 0 Å². The fourth-order valence-electron chi connectivity index (χ4n) is 2.81. The molecule has 1 amide bonds. The van der Waals surface area contributed by atoms with Crippen molar-refractivity contribution in [3.05, 3.63) is 30.1 Å². The molecule has 1 N–H and O–H groups in total. The highest BCUT2D eigenvalue weighted by Gasteiger charge is 2.24. The van der Waals surface area contributed by atoms with Gasteiger partial charge in [0, 0.05) is 38.3 Å². The van der Waals surface area contributed by atoms with Crippen molar-refractivity contribution in [2.45, 2.75) is 51.6 Å². The maximum absolute atomic E-state index is 12.2. The number of likely N-dealkylation sites (tertiary alicyclic amines) is 1. The van der Waals surface area contributed by atoms with E-state index in [2.05, 4.69) is 22.1 Å². The maximum atomic E-state index is 12.2. The molecule has 0 bridgehead atoms. The average Bonchev–Trinajstić information content (AvgIpc) is 2.52. The van der Waals surface area contributed by atoms with Crippen molar-refractivity contribution >= 4 is 5.91 Å². The molecule has 1 aliphatic rings. The molecule has 0 aliphatic carbocycles. The summed E-state index contributed by atoms with van der Waals surface area (Å²) in [7, 11) is 0. The van der Waals surface area contributed by atoms with Crippen LogP contribution in [-0.4, -0.2) is 34.9 Å². The zero-order chi connectivity index (χ0) is 14.2. The molecule has 20 heavy (non-hydrogen) atoms. The smallest absolute Gasteiger partial charge is 0.224 e. The van der Waals surface area contributed by atoms with Gasteiger partial charge in [0.2, 0.25) is 5.91 Å². The van der Waals surface area contributed by atoms with Crippen LogP contribution in [0.4, 0.5) is 0 Å². The molecular weight excluding hydrogens is 250 g/mol. The fourth-order valence-corrected chi connectivity index (χ4v) is 2.81. The molecule has 1 unspecified atom stereocenters. The molecule has 110 valence electrons. The molecule has 1 aromatic rings. The van der Waals surface area contributed by atoms with Crippen LogP contribution in [0.1, 0.15) is 44.7 Å². The summed E-state index contributed by atoms with van der Waals surface area (Å²) in [5.74, 6) is 0.296. The van der Waals surface area contributed by atoms with Gasteiger partial charge < -0.3 is 10.2 Å². The third-order valence-corrected chi connectivity index (χ3v) is 3.97. The Kier molecular flexibility index (Phi) is 5.99. The predicted molar refractivity (Wildman–Crippen MR) is 80.2 cm³/mol. The van der Waals surface area contributed by atoms with E-state index in [0.717, 1.165) is 38.2 Å². The molecule has 1 aromatic heterocycles. The van der Waals surface area contributed by atoms with Gasteiger partial charge in [-0.25, -0.2) is 0 Å². The van der Waals surface area contributed by atoms with Crippen LogP contribution < -0.4 is 5.32 Å². The quantitative estimate of drug-likeness (QED) is 0.811. The van der Waals surface area contributed by atoms with Crippen LogP contribution in [0.15, 0.2) is 24.4 Å². The lowest BCUT2D eigenvalue weighted by Crippen LogP contribution is -2.44. The van der Waals surface area contributed by atoms with Gasteiger partial charge in [0.1, 0.15) is 0 Å². The van der Waals surface area contributed by atoms with Crippen molar-refractivity contribution in [2.75, 3.05) is 13.1 Å². The SMILES string of the molecule is CCC1CCCCN1C(=O)CCNCc1ccccn1. The van der Waals surface area contributed by atoms with Crippen LogP contribution in [0.2, 0.25) is 0 Å². The molecule has 2 rings (SSSR count). The van der Waals surface area contributed by atoms with Gasteiger partial charge in [-0.2, -0.15) is 0 Å². The Balaban J connectivity index is 1.69. The average molecular weight is 275 g/mol. The molecule has 2 heterocycles. The second-order valence-electron chi connectivity index (χ2n) is 5.39. The zero-order valence-corrected chi connectivity index (χ0v) is 12.3. The molecule has 4 heteroatoms. The van der Waals surface area contributed by atoms with Crippen LogP contribution in [0.25, 0.3) is 0 Å². The second-order valence-corrected chi connectivity index (χ2v) is 5.39.